The van der Waals surface area contributed by atoms with Crippen molar-refractivity contribution in [2.75, 3.05) is 53.6 Å². The molecular weight excluding hydrogens is 495 g/mol. The molecule has 0 aliphatic carbocycles. The maximum Gasteiger partial charge on any atom is 0.295 e. The molecule has 204 valence electrons. The summed E-state index contributed by atoms with van der Waals surface area (Å²) in [4.78, 5) is 30.2. The Morgan fingerprint density at radius 1 is 1.03 bits per heavy atom. The number of methoxy groups -OCH3 is 2. The summed E-state index contributed by atoms with van der Waals surface area (Å²) in [5.74, 6) is -1.82. The molecular formula is C28H33FN2O7. The molecule has 9 nitrogen and oxygen atoms in total. The third-order valence-electron chi connectivity index (χ3n) is 6.59. The van der Waals surface area contributed by atoms with E-state index >= 15 is 0 Å². The average molecular weight is 529 g/mol. The van der Waals surface area contributed by atoms with E-state index in [0.717, 1.165) is 19.2 Å². The number of aliphatic hydroxyl groups excluding tert-OH is 1. The predicted molar refractivity (Wildman–Crippen MR) is 138 cm³/mol. The number of Topliss-reactive ketones (excluding diaryl/α,β-unsaturated/α-hetero) is 1. The molecule has 4 rings (SSSR count). The standard InChI is InChI=1S/C28H33FN2O7/c1-17(2)38-21-7-6-19(15-20(21)29)26(32)24-25(18-5-8-22(35-3)23(16-18)36-4)31(28(34)27(24)33)10-9-30-11-13-37-14-12-30/h5-8,15-17,25,32H,9-14H2,1-4H3/b26-24-. The number of carbonyl (C=O) groups excluding carboxylic acids is 2. The molecule has 0 spiro atoms. The van der Waals surface area contributed by atoms with Crippen molar-refractivity contribution in [1.29, 1.82) is 0 Å². The maximum atomic E-state index is 14.8. The number of carbonyl (C=O) groups is 2. The van der Waals surface area contributed by atoms with E-state index in [4.69, 9.17) is 18.9 Å². The quantitative estimate of drug-likeness (QED) is 0.301. The lowest BCUT2D eigenvalue weighted by Gasteiger charge is -2.31. The van der Waals surface area contributed by atoms with Gasteiger partial charge in [0, 0.05) is 31.7 Å². The van der Waals surface area contributed by atoms with Crippen LogP contribution in [0.3, 0.4) is 0 Å². The minimum Gasteiger partial charge on any atom is -0.507 e. The van der Waals surface area contributed by atoms with Crippen LogP contribution in [0.5, 0.6) is 17.2 Å². The highest BCUT2D eigenvalue weighted by Crippen LogP contribution is 2.42. The zero-order valence-corrected chi connectivity index (χ0v) is 22.0. The van der Waals surface area contributed by atoms with E-state index in [9.17, 15) is 19.1 Å². The fraction of sp³-hybridized carbons (Fsp3) is 0.429. The van der Waals surface area contributed by atoms with Gasteiger partial charge in [0.1, 0.15) is 5.76 Å². The van der Waals surface area contributed by atoms with Crippen LogP contribution in [-0.2, 0) is 14.3 Å². The van der Waals surface area contributed by atoms with Crippen LogP contribution in [-0.4, -0.2) is 86.3 Å². The summed E-state index contributed by atoms with van der Waals surface area (Å²) in [6.07, 6.45) is -0.245. The van der Waals surface area contributed by atoms with Crippen LogP contribution in [0.15, 0.2) is 42.0 Å². The molecule has 2 aromatic carbocycles. The van der Waals surface area contributed by atoms with Crippen molar-refractivity contribution in [1.82, 2.24) is 9.80 Å². The van der Waals surface area contributed by atoms with E-state index in [2.05, 4.69) is 4.90 Å². The van der Waals surface area contributed by atoms with Gasteiger partial charge in [-0.3, -0.25) is 14.5 Å². The van der Waals surface area contributed by atoms with Gasteiger partial charge >= 0.3 is 0 Å². The van der Waals surface area contributed by atoms with E-state index < -0.39 is 29.3 Å². The molecule has 0 saturated carbocycles. The number of hydrogen-bond donors (Lipinski definition) is 1. The number of nitrogens with zero attached hydrogens (tertiary/aromatic N) is 2. The van der Waals surface area contributed by atoms with E-state index in [1.54, 1.807) is 32.0 Å². The van der Waals surface area contributed by atoms with Gasteiger partial charge in [-0.05, 0) is 49.7 Å². The van der Waals surface area contributed by atoms with Gasteiger partial charge in [0.05, 0.1) is 45.2 Å². The molecule has 0 aromatic heterocycles. The monoisotopic (exact) mass is 528 g/mol. The highest BCUT2D eigenvalue weighted by Gasteiger charge is 2.46. The SMILES string of the molecule is COc1ccc(C2/C(=C(/O)c3ccc(OC(C)C)c(F)c3)C(=O)C(=O)N2CCN2CCOCC2)cc1OC. The summed E-state index contributed by atoms with van der Waals surface area (Å²) in [6.45, 7) is 6.94. The molecule has 2 aliphatic heterocycles. The zero-order valence-electron chi connectivity index (χ0n) is 22.0. The molecule has 1 N–H and O–H groups in total. The van der Waals surface area contributed by atoms with Crippen LogP contribution in [0, 0.1) is 5.82 Å². The van der Waals surface area contributed by atoms with Crippen LogP contribution in [0.2, 0.25) is 0 Å². The Labute approximate surface area is 221 Å². The topological polar surface area (TPSA) is 97.8 Å². The van der Waals surface area contributed by atoms with Crippen molar-refractivity contribution in [3.63, 3.8) is 0 Å². The van der Waals surface area contributed by atoms with Crippen LogP contribution in [0.25, 0.3) is 5.76 Å². The van der Waals surface area contributed by atoms with Crippen LogP contribution < -0.4 is 14.2 Å². The maximum absolute atomic E-state index is 14.8. The van der Waals surface area contributed by atoms with Crippen molar-refractivity contribution >= 4 is 17.4 Å². The summed E-state index contributed by atoms with van der Waals surface area (Å²) >= 11 is 0. The van der Waals surface area contributed by atoms with E-state index in [1.807, 2.05) is 0 Å². The predicted octanol–water partition coefficient (Wildman–Crippen LogP) is 3.38. The number of benzene rings is 2. The molecule has 2 heterocycles. The second-order valence-corrected chi connectivity index (χ2v) is 9.37. The van der Waals surface area contributed by atoms with Gasteiger partial charge in [0.25, 0.3) is 11.7 Å². The Morgan fingerprint density at radius 2 is 1.71 bits per heavy atom. The minimum absolute atomic E-state index is 0.0268. The average Bonchev–Trinajstić information content (AvgIpc) is 3.17. The number of amides is 1. The second kappa shape index (κ2) is 11.8. The van der Waals surface area contributed by atoms with E-state index in [-0.39, 0.29) is 29.5 Å². The highest BCUT2D eigenvalue weighted by atomic mass is 19.1. The smallest absolute Gasteiger partial charge is 0.295 e. The summed E-state index contributed by atoms with van der Waals surface area (Å²) in [6, 6.07) is 8.10. The molecule has 0 radical (unpaired) electrons. The fourth-order valence-corrected chi connectivity index (χ4v) is 4.71. The number of rotatable bonds is 9. The van der Waals surface area contributed by atoms with Crippen LogP contribution >= 0.6 is 0 Å². The minimum atomic E-state index is -0.912. The summed E-state index contributed by atoms with van der Waals surface area (Å²) in [7, 11) is 2.99. The number of aliphatic hydroxyl groups is 1. The van der Waals surface area contributed by atoms with E-state index in [0.29, 0.717) is 36.8 Å². The molecule has 1 amide bonds. The van der Waals surface area contributed by atoms with Crippen molar-refractivity contribution < 1.29 is 38.0 Å². The first-order valence-corrected chi connectivity index (χ1v) is 12.5. The first kappa shape index (κ1) is 27.4. The molecule has 10 heteroatoms. The number of hydrogen-bond acceptors (Lipinski definition) is 8. The fourth-order valence-electron chi connectivity index (χ4n) is 4.71. The number of ketones is 1. The number of halogens is 1. The lowest BCUT2D eigenvalue weighted by atomic mass is 9.95. The van der Waals surface area contributed by atoms with Gasteiger partial charge in [0.2, 0.25) is 0 Å². The Hall–Kier alpha value is -3.63. The van der Waals surface area contributed by atoms with Gasteiger partial charge < -0.3 is 29.0 Å². The highest BCUT2D eigenvalue weighted by molar-refractivity contribution is 6.46. The molecule has 2 fully saturated rings. The Morgan fingerprint density at radius 3 is 2.34 bits per heavy atom. The molecule has 38 heavy (non-hydrogen) atoms. The van der Waals surface area contributed by atoms with Crippen molar-refractivity contribution in [2.24, 2.45) is 0 Å². The molecule has 1 atom stereocenters. The van der Waals surface area contributed by atoms with Crippen molar-refractivity contribution in [3.8, 4) is 17.2 Å². The molecule has 2 aromatic rings. The zero-order chi connectivity index (χ0) is 27.4. The van der Waals surface area contributed by atoms with Gasteiger partial charge in [-0.25, -0.2) is 4.39 Å². The summed E-state index contributed by atoms with van der Waals surface area (Å²) in [5, 5.41) is 11.3. The lowest BCUT2D eigenvalue weighted by molar-refractivity contribution is -0.140. The lowest BCUT2D eigenvalue weighted by Crippen LogP contribution is -2.42. The van der Waals surface area contributed by atoms with Gasteiger partial charge in [0.15, 0.2) is 23.1 Å². The molecule has 1 unspecified atom stereocenters. The van der Waals surface area contributed by atoms with Crippen LogP contribution in [0.1, 0.15) is 31.0 Å². The second-order valence-electron chi connectivity index (χ2n) is 9.37. The van der Waals surface area contributed by atoms with E-state index in [1.165, 1.54) is 31.3 Å². The first-order chi connectivity index (χ1) is 18.2. The van der Waals surface area contributed by atoms with Crippen molar-refractivity contribution in [3.05, 3.63) is 58.9 Å². The van der Waals surface area contributed by atoms with Crippen molar-refractivity contribution in [2.45, 2.75) is 26.0 Å². The van der Waals surface area contributed by atoms with Crippen LogP contribution in [0.4, 0.5) is 4.39 Å². The Balaban J connectivity index is 1.77. The Bertz CT molecular complexity index is 1220. The molecule has 2 saturated heterocycles. The first-order valence-electron chi connectivity index (χ1n) is 12.5. The number of ether oxygens (including phenoxy) is 4. The van der Waals surface area contributed by atoms with Gasteiger partial charge in [-0.2, -0.15) is 0 Å². The van der Waals surface area contributed by atoms with Gasteiger partial charge in [-0.15, -0.1) is 0 Å². The molecule has 0 bridgehead atoms. The number of likely N-dealkylation sites (tertiary alicyclic amines) is 1. The third kappa shape index (κ3) is 5.61. The summed E-state index contributed by atoms with van der Waals surface area (Å²) in [5.41, 5.74) is 0.488. The third-order valence-corrected chi connectivity index (χ3v) is 6.59. The largest absolute Gasteiger partial charge is 0.507 e. The summed E-state index contributed by atoms with van der Waals surface area (Å²) < 4.78 is 36.4. The van der Waals surface area contributed by atoms with Gasteiger partial charge in [-0.1, -0.05) is 6.07 Å². The number of morpholine rings is 1. The normalized spacial score (nSPS) is 19.7. The Kier molecular flexibility index (Phi) is 8.53. The molecule has 2 aliphatic rings.